The van der Waals surface area contributed by atoms with E-state index >= 15 is 0 Å². The van der Waals surface area contributed by atoms with Crippen molar-refractivity contribution in [1.82, 2.24) is 10.6 Å². The average Bonchev–Trinajstić information content (AvgIpc) is 2.58. The SMILES string of the molecule is COc1ccc(OCCCC(=O)O[C@H](C)C(=O)NC(=O)NC(C)C)cc1. The molecule has 1 aromatic carbocycles. The summed E-state index contributed by atoms with van der Waals surface area (Å²) in [6.07, 6.45) is -0.512. The Balaban J connectivity index is 2.23. The lowest BCUT2D eigenvalue weighted by atomic mass is 10.3. The molecule has 1 rings (SSSR count). The van der Waals surface area contributed by atoms with E-state index in [4.69, 9.17) is 14.2 Å². The molecule has 0 heterocycles. The van der Waals surface area contributed by atoms with Crippen molar-refractivity contribution in [3.05, 3.63) is 24.3 Å². The van der Waals surface area contributed by atoms with Crippen LogP contribution in [0.15, 0.2) is 24.3 Å². The van der Waals surface area contributed by atoms with Gasteiger partial charge in [0, 0.05) is 12.5 Å². The van der Waals surface area contributed by atoms with Gasteiger partial charge in [0.2, 0.25) is 0 Å². The van der Waals surface area contributed by atoms with E-state index in [1.165, 1.54) is 6.92 Å². The molecule has 2 N–H and O–H groups in total. The smallest absolute Gasteiger partial charge is 0.321 e. The third-order valence-electron chi connectivity index (χ3n) is 3.19. The Kier molecular flexibility index (Phi) is 8.97. The summed E-state index contributed by atoms with van der Waals surface area (Å²) in [5.74, 6) is 0.194. The van der Waals surface area contributed by atoms with E-state index in [9.17, 15) is 14.4 Å². The van der Waals surface area contributed by atoms with Gasteiger partial charge in [0.15, 0.2) is 6.10 Å². The molecule has 0 saturated heterocycles. The molecule has 0 radical (unpaired) electrons. The van der Waals surface area contributed by atoms with Gasteiger partial charge in [0.05, 0.1) is 13.7 Å². The minimum absolute atomic E-state index is 0.103. The molecule has 0 spiro atoms. The van der Waals surface area contributed by atoms with Crippen LogP contribution in [0.25, 0.3) is 0 Å². The molecule has 0 unspecified atom stereocenters. The van der Waals surface area contributed by atoms with E-state index in [1.54, 1.807) is 45.2 Å². The second-order valence-corrected chi connectivity index (χ2v) is 5.88. The minimum Gasteiger partial charge on any atom is -0.497 e. The molecule has 0 aliphatic heterocycles. The largest absolute Gasteiger partial charge is 0.497 e. The summed E-state index contributed by atoms with van der Waals surface area (Å²) in [5.41, 5.74) is 0. The number of imide groups is 1. The number of carbonyl (C=O) groups excluding carboxylic acids is 3. The number of hydrogen-bond donors (Lipinski definition) is 2. The zero-order valence-electron chi connectivity index (χ0n) is 15.5. The first-order valence-electron chi connectivity index (χ1n) is 8.39. The monoisotopic (exact) mass is 366 g/mol. The van der Waals surface area contributed by atoms with Crippen molar-refractivity contribution in [3.8, 4) is 11.5 Å². The second-order valence-electron chi connectivity index (χ2n) is 5.88. The summed E-state index contributed by atoms with van der Waals surface area (Å²) in [4.78, 5) is 34.9. The first-order chi connectivity index (χ1) is 12.3. The van der Waals surface area contributed by atoms with Crippen molar-refractivity contribution in [2.75, 3.05) is 13.7 Å². The quantitative estimate of drug-likeness (QED) is 0.512. The Labute approximate surface area is 153 Å². The third kappa shape index (κ3) is 8.36. The molecule has 26 heavy (non-hydrogen) atoms. The molecule has 0 saturated carbocycles. The number of esters is 1. The van der Waals surface area contributed by atoms with Crippen LogP contribution in [0, 0.1) is 0 Å². The molecular weight excluding hydrogens is 340 g/mol. The number of nitrogens with one attached hydrogen (secondary N) is 2. The normalized spacial score (nSPS) is 11.4. The fourth-order valence-electron chi connectivity index (χ4n) is 1.90. The van der Waals surface area contributed by atoms with Crippen molar-refractivity contribution in [1.29, 1.82) is 0 Å². The number of hydrogen-bond acceptors (Lipinski definition) is 6. The number of methoxy groups -OCH3 is 1. The van der Waals surface area contributed by atoms with E-state index < -0.39 is 24.0 Å². The molecule has 0 aliphatic rings. The lowest BCUT2D eigenvalue weighted by Gasteiger charge is -2.14. The first kappa shape index (κ1) is 21.3. The summed E-state index contributed by atoms with van der Waals surface area (Å²) in [6.45, 7) is 5.27. The Hall–Kier alpha value is -2.77. The van der Waals surface area contributed by atoms with Crippen molar-refractivity contribution in [2.24, 2.45) is 0 Å². The zero-order valence-corrected chi connectivity index (χ0v) is 15.5. The summed E-state index contributed by atoms with van der Waals surface area (Å²) in [6, 6.07) is 6.36. The molecule has 0 aliphatic carbocycles. The van der Waals surface area contributed by atoms with Gasteiger partial charge in [-0.15, -0.1) is 0 Å². The van der Waals surface area contributed by atoms with Crippen LogP contribution in [0.4, 0.5) is 4.79 Å². The van der Waals surface area contributed by atoms with Crippen molar-refractivity contribution in [3.63, 3.8) is 0 Å². The van der Waals surface area contributed by atoms with E-state index in [0.29, 0.717) is 18.8 Å². The number of ether oxygens (including phenoxy) is 3. The van der Waals surface area contributed by atoms with Crippen LogP contribution in [0.5, 0.6) is 11.5 Å². The molecule has 0 bridgehead atoms. The van der Waals surface area contributed by atoms with Gasteiger partial charge in [-0.2, -0.15) is 0 Å². The molecule has 0 aromatic heterocycles. The second kappa shape index (κ2) is 11.0. The highest BCUT2D eigenvalue weighted by molar-refractivity contribution is 5.97. The maximum Gasteiger partial charge on any atom is 0.321 e. The minimum atomic E-state index is -1.05. The highest BCUT2D eigenvalue weighted by Crippen LogP contribution is 2.17. The van der Waals surface area contributed by atoms with Crippen LogP contribution in [0.3, 0.4) is 0 Å². The Morgan fingerprint density at radius 1 is 1.04 bits per heavy atom. The predicted molar refractivity (Wildman–Crippen MR) is 95.1 cm³/mol. The van der Waals surface area contributed by atoms with Crippen LogP contribution < -0.4 is 20.1 Å². The third-order valence-corrected chi connectivity index (χ3v) is 3.19. The van der Waals surface area contributed by atoms with Crippen molar-refractivity contribution < 1.29 is 28.6 Å². The lowest BCUT2D eigenvalue weighted by Crippen LogP contribution is -2.46. The van der Waals surface area contributed by atoms with Gasteiger partial charge in [-0.05, 0) is 51.5 Å². The van der Waals surface area contributed by atoms with Gasteiger partial charge in [-0.1, -0.05) is 0 Å². The summed E-state index contributed by atoms with van der Waals surface area (Å²) in [5, 5.41) is 4.62. The molecule has 1 aromatic rings. The fourth-order valence-corrected chi connectivity index (χ4v) is 1.90. The van der Waals surface area contributed by atoms with Gasteiger partial charge < -0.3 is 19.5 Å². The molecular formula is C18H26N2O6. The van der Waals surface area contributed by atoms with Crippen LogP contribution in [0.1, 0.15) is 33.6 Å². The van der Waals surface area contributed by atoms with Crippen LogP contribution in [-0.2, 0) is 14.3 Å². The molecule has 1 atom stereocenters. The van der Waals surface area contributed by atoms with Crippen molar-refractivity contribution >= 4 is 17.9 Å². The highest BCUT2D eigenvalue weighted by atomic mass is 16.5. The van der Waals surface area contributed by atoms with E-state index in [1.807, 2.05) is 0 Å². The molecule has 8 heteroatoms. The average molecular weight is 366 g/mol. The van der Waals surface area contributed by atoms with E-state index in [-0.39, 0.29) is 12.5 Å². The maximum atomic E-state index is 11.8. The van der Waals surface area contributed by atoms with Crippen LogP contribution >= 0.6 is 0 Å². The van der Waals surface area contributed by atoms with Gasteiger partial charge >= 0.3 is 12.0 Å². The van der Waals surface area contributed by atoms with Gasteiger partial charge in [-0.25, -0.2) is 4.79 Å². The number of amides is 3. The highest BCUT2D eigenvalue weighted by Gasteiger charge is 2.19. The van der Waals surface area contributed by atoms with Crippen LogP contribution in [-0.4, -0.2) is 43.8 Å². The van der Waals surface area contributed by atoms with Crippen molar-refractivity contribution in [2.45, 2.75) is 45.8 Å². The predicted octanol–water partition coefficient (Wildman–Crippen LogP) is 2.02. The van der Waals surface area contributed by atoms with Gasteiger partial charge in [0.25, 0.3) is 5.91 Å². The Morgan fingerprint density at radius 3 is 2.23 bits per heavy atom. The molecule has 8 nitrogen and oxygen atoms in total. The Bertz CT molecular complexity index is 600. The van der Waals surface area contributed by atoms with E-state index in [0.717, 1.165) is 5.75 Å². The molecule has 144 valence electrons. The lowest BCUT2D eigenvalue weighted by molar-refractivity contribution is -0.154. The van der Waals surface area contributed by atoms with Gasteiger partial charge in [0.1, 0.15) is 11.5 Å². The van der Waals surface area contributed by atoms with Crippen LogP contribution in [0.2, 0.25) is 0 Å². The maximum absolute atomic E-state index is 11.8. The molecule has 3 amide bonds. The number of urea groups is 1. The molecule has 0 fully saturated rings. The first-order valence-corrected chi connectivity index (χ1v) is 8.39. The topological polar surface area (TPSA) is 103 Å². The van der Waals surface area contributed by atoms with Gasteiger partial charge in [-0.3, -0.25) is 14.9 Å². The summed E-state index contributed by atoms with van der Waals surface area (Å²) < 4.78 is 15.6. The Morgan fingerprint density at radius 2 is 1.65 bits per heavy atom. The number of carbonyl (C=O) groups is 3. The number of benzene rings is 1. The fraction of sp³-hybridized carbons (Fsp3) is 0.500. The summed E-state index contributed by atoms with van der Waals surface area (Å²) >= 11 is 0. The van der Waals surface area contributed by atoms with E-state index in [2.05, 4.69) is 10.6 Å². The summed E-state index contributed by atoms with van der Waals surface area (Å²) in [7, 11) is 1.58. The standard InChI is InChI=1S/C18H26N2O6/c1-12(2)19-18(23)20-17(22)13(3)26-16(21)6-5-11-25-15-9-7-14(24-4)8-10-15/h7-10,12-13H,5-6,11H2,1-4H3,(H2,19,20,22,23)/t13-/m1/s1. The zero-order chi connectivity index (χ0) is 19.5. The number of rotatable bonds is 9.